The standard InChI is InChI=1S/C6H9F3O4S/c1-4(2)3-5(10)13-14(11,12)6(7,8)9/h4H,3H2,1-2H3. The van der Waals surface area contributed by atoms with Gasteiger partial charge in [-0.05, 0) is 5.92 Å². The molecule has 0 saturated carbocycles. The summed E-state index contributed by atoms with van der Waals surface area (Å²) in [5, 5.41) is 0. The van der Waals surface area contributed by atoms with Crippen molar-refractivity contribution in [3.63, 3.8) is 0 Å². The zero-order valence-electron chi connectivity index (χ0n) is 7.46. The van der Waals surface area contributed by atoms with Crippen LogP contribution in [0.5, 0.6) is 0 Å². The van der Waals surface area contributed by atoms with Gasteiger partial charge in [0.25, 0.3) is 0 Å². The van der Waals surface area contributed by atoms with Crippen LogP contribution >= 0.6 is 0 Å². The van der Waals surface area contributed by atoms with Crippen molar-refractivity contribution in [3.05, 3.63) is 0 Å². The molecule has 0 spiro atoms. The molecule has 0 aromatic carbocycles. The second-order valence-corrected chi connectivity index (χ2v) is 4.49. The first-order chi connectivity index (χ1) is 6.06. The van der Waals surface area contributed by atoms with Crippen LogP contribution in [0, 0.1) is 5.92 Å². The van der Waals surface area contributed by atoms with Gasteiger partial charge >= 0.3 is 21.6 Å². The molecule has 0 aromatic rings. The van der Waals surface area contributed by atoms with E-state index < -0.39 is 21.6 Å². The van der Waals surface area contributed by atoms with Gasteiger partial charge in [0, 0.05) is 6.42 Å². The van der Waals surface area contributed by atoms with E-state index in [1.165, 1.54) is 0 Å². The first-order valence-electron chi connectivity index (χ1n) is 3.60. The number of halogens is 3. The van der Waals surface area contributed by atoms with Crippen molar-refractivity contribution in [3.8, 4) is 0 Å². The maximum absolute atomic E-state index is 11.7. The molecule has 84 valence electrons. The fourth-order valence-electron chi connectivity index (χ4n) is 0.537. The van der Waals surface area contributed by atoms with Crippen molar-refractivity contribution in [2.24, 2.45) is 5.92 Å². The Kier molecular flexibility index (Phi) is 3.92. The lowest BCUT2D eigenvalue weighted by atomic mass is 10.1. The molecule has 0 aliphatic rings. The number of carbonyl (C=O) groups is 1. The number of hydrogen-bond acceptors (Lipinski definition) is 4. The number of rotatable bonds is 3. The predicted octanol–water partition coefficient (Wildman–Crippen LogP) is 1.43. The fourth-order valence-corrected chi connectivity index (χ4v) is 0.944. The molecule has 0 rings (SSSR count). The fraction of sp³-hybridized carbons (Fsp3) is 0.833. The number of alkyl halides is 3. The molecule has 4 nitrogen and oxygen atoms in total. The van der Waals surface area contributed by atoms with Crippen molar-refractivity contribution in [1.29, 1.82) is 0 Å². The summed E-state index contributed by atoms with van der Waals surface area (Å²) >= 11 is 0. The van der Waals surface area contributed by atoms with E-state index in [-0.39, 0.29) is 12.3 Å². The Hall–Kier alpha value is -0.790. The van der Waals surface area contributed by atoms with Crippen molar-refractivity contribution in [2.45, 2.75) is 25.8 Å². The van der Waals surface area contributed by atoms with E-state index in [1.807, 2.05) is 0 Å². The zero-order valence-corrected chi connectivity index (χ0v) is 8.28. The summed E-state index contributed by atoms with van der Waals surface area (Å²) in [4.78, 5) is 10.6. The smallest absolute Gasteiger partial charge is 0.339 e. The van der Waals surface area contributed by atoms with Gasteiger partial charge in [0.1, 0.15) is 0 Å². The molecule has 0 atom stereocenters. The first kappa shape index (κ1) is 13.2. The lowest BCUT2D eigenvalue weighted by Crippen LogP contribution is -2.28. The summed E-state index contributed by atoms with van der Waals surface area (Å²) in [5.41, 5.74) is -5.56. The van der Waals surface area contributed by atoms with E-state index in [9.17, 15) is 26.4 Å². The second-order valence-electron chi connectivity index (χ2n) is 2.95. The molecule has 0 aromatic heterocycles. The minimum Gasteiger partial charge on any atom is -0.339 e. The molecule has 0 aliphatic heterocycles. The van der Waals surface area contributed by atoms with Gasteiger partial charge in [-0.15, -0.1) is 0 Å². The highest BCUT2D eigenvalue weighted by atomic mass is 32.2. The second kappa shape index (κ2) is 4.16. The summed E-state index contributed by atoms with van der Waals surface area (Å²) < 4.78 is 58.9. The van der Waals surface area contributed by atoms with E-state index >= 15 is 0 Å². The maximum Gasteiger partial charge on any atom is 0.534 e. The maximum atomic E-state index is 11.7. The van der Waals surface area contributed by atoms with Gasteiger partial charge in [0.05, 0.1) is 0 Å². The molecule has 0 unspecified atom stereocenters. The Balaban J connectivity index is 4.48. The Morgan fingerprint density at radius 2 is 1.79 bits per heavy atom. The average molecular weight is 234 g/mol. The zero-order chi connectivity index (χ0) is 11.6. The summed E-state index contributed by atoms with van der Waals surface area (Å²) in [7, 11) is -5.79. The van der Waals surface area contributed by atoms with Gasteiger partial charge in [0.15, 0.2) is 0 Å². The van der Waals surface area contributed by atoms with Crippen LogP contribution in [0.4, 0.5) is 13.2 Å². The SMILES string of the molecule is CC(C)CC(=O)OS(=O)(=O)C(F)(F)F. The van der Waals surface area contributed by atoms with Gasteiger partial charge in [0.2, 0.25) is 0 Å². The minimum absolute atomic E-state index is 0.272. The van der Waals surface area contributed by atoms with E-state index in [4.69, 9.17) is 0 Å². The monoisotopic (exact) mass is 234 g/mol. The third-order valence-electron chi connectivity index (χ3n) is 1.06. The van der Waals surface area contributed by atoms with Crippen LogP contribution < -0.4 is 0 Å². The van der Waals surface area contributed by atoms with Crippen LogP contribution in [0.15, 0.2) is 0 Å². The molecular weight excluding hydrogens is 225 g/mol. The highest BCUT2D eigenvalue weighted by Gasteiger charge is 2.49. The summed E-state index contributed by atoms with van der Waals surface area (Å²) in [5.74, 6) is -1.68. The third kappa shape index (κ3) is 3.95. The van der Waals surface area contributed by atoms with Gasteiger partial charge in [-0.2, -0.15) is 21.6 Å². The number of carbonyl (C=O) groups excluding carboxylic acids is 1. The van der Waals surface area contributed by atoms with Crippen LogP contribution in [-0.2, 0) is 19.1 Å². The van der Waals surface area contributed by atoms with Gasteiger partial charge in [-0.3, -0.25) is 4.79 Å². The Bertz CT molecular complexity index is 304. The lowest BCUT2D eigenvalue weighted by molar-refractivity contribution is -0.137. The van der Waals surface area contributed by atoms with Crippen molar-refractivity contribution >= 4 is 16.1 Å². The third-order valence-corrected chi connectivity index (χ3v) is 2.03. The topological polar surface area (TPSA) is 60.4 Å². The van der Waals surface area contributed by atoms with Crippen molar-refractivity contribution < 1.29 is 30.6 Å². The van der Waals surface area contributed by atoms with Crippen LogP contribution in [0.2, 0.25) is 0 Å². The molecule has 0 aliphatic carbocycles. The van der Waals surface area contributed by atoms with Crippen LogP contribution in [0.1, 0.15) is 20.3 Å². The molecule has 0 amide bonds. The highest BCUT2D eigenvalue weighted by molar-refractivity contribution is 7.88. The quantitative estimate of drug-likeness (QED) is 0.547. The minimum atomic E-state index is -5.79. The molecule has 0 saturated heterocycles. The molecule has 0 bridgehead atoms. The van der Waals surface area contributed by atoms with E-state index in [2.05, 4.69) is 4.18 Å². The Morgan fingerprint density at radius 1 is 1.36 bits per heavy atom. The van der Waals surface area contributed by atoms with Gasteiger partial charge in [-0.1, -0.05) is 13.8 Å². The summed E-state index contributed by atoms with van der Waals surface area (Å²) in [6.45, 7) is 3.09. The normalized spacial score (nSPS) is 13.0. The van der Waals surface area contributed by atoms with E-state index in [1.54, 1.807) is 13.8 Å². The van der Waals surface area contributed by atoms with E-state index in [0.717, 1.165) is 0 Å². The molecule has 0 N–H and O–H groups in total. The molecule has 0 heterocycles. The molecular formula is C6H9F3O4S. The van der Waals surface area contributed by atoms with Crippen molar-refractivity contribution in [2.75, 3.05) is 0 Å². The van der Waals surface area contributed by atoms with Crippen LogP contribution in [-0.4, -0.2) is 19.9 Å². The molecule has 0 radical (unpaired) electrons. The van der Waals surface area contributed by atoms with Gasteiger partial charge < -0.3 is 4.18 Å². The summed E-state index contributed by atoms with van der Waals surface area (Å²) in [6.07, 6.45) is -0.380. The van der Waals surface area contributed by atoms with Crippen molar-refractivity contribution in [1.82, 2.24) is 0 Å². The molecule has 0 fully saturated rings. The van der Waals surface area contributed by atoms with Crippen LogP contribution in [0.25, 0.3) is 0 Å². The average Bonchev–Trinajstić information content (AvgIpc) is 1.79. The first-order valence-corrected chi connectivity index (χ1v) is 5.00. The van der Waals surface area contributed by atoms with Crippen LogP contribution in [0.3, 0.4) is 0 Å². The predicted molar refractivity (Wildman–Crippen MR) is 40.5 cm³/mol. The summed E-state index contributed by atoms with van der Waals surface area (Å²) in [6, 6.07) is 0. The van der Waals surface area contributed by atoms with E-state index in [0.29, 0.717) is 0 Å². The Morgan fingerprint density at radius 3 is 2.07 bits per heavy atom. The number of hydrogen-bond donors (Lipinski definition) is 0. The Labute approximate surface area is 79.2 Å². The molecule has 14 heavy (non-hydrogen) atoms. The largest absolute Gasteiger partial charge is 0.534 e. The van der Waals surface area contributed by atoms with Gasteiger partial charge in [-0.25, -0.2) is 0 Å². The molecule has 8 heteroatoms. The lowest BCUT2D eigenvalue weighted by Gasteiger charge is -2.08. The highest BCUT2D eigenvalue weighted by Crippen LogP contribution is 2.25.